The number of amides is 2. The molecule has 1 aromatic heterocycles. The first-order valence-electron chi connectivity index (χ1n) is 6.27. The van der Waals surface area contributed by atoms with Crippen molar-refractivity contribution in [3.63, 3.8) is 0 Å². The number of thiophene rings is 1. The maximum absolute atomic E-state index is 11.9. The largest absolute Gasteiger partial charge is 0.478 e. The van der Waals surface area contributed by atoms with Crippen molar-refractivity contribution in [3.8, 4) is 0 Å². The van der Waals surface area contributed by atoms with Crippen LogP contribution in [0.15, 0.2) is 11.4 Å². The molecule has 2 amide bonds. The summed E-state index contributed by atoms with van der Waals surface area (Å²) < 4.78 is 5.32. The van der Waals surface area contributed by atoms with Gasteiger partial charge in [0, 0.05) is 18.6 Å². The van der Waals surface area contributed by atoms with Crippen LogP contribution in [-0.4, -0.2) is 36.4 Å². The van der Waals surface area contributed by atoms with Gasteiger partial charge in [-0.3, -0.25) is 5.32 Å². The molecule has 110 valence electrons. The third kappa shape index (κ3) is 2.64. The minimum atomic E-state index is -1.05. The molecule has 0 spiro atoms. The fourth-order valence-corrected chi connectivity index (χ4v) is 3.18. The van der Waals surface area contributed by atoms with E-state index in [-0.39, 0.29) is 29.2 Å². The van der Waals surface area contributed by atoms with Crippen LogP contribution in [0.2, 0.25) is 0 Å². The van der Waals surface area contributed by atoms with Crippen LogP contribution in [0.1, 0.15) is 30.6 Å². The first kappa shape index (κ1) is 14.8. The second-order valence-electron chi connectivity index (χ2n) is 5.40. The second kappa shape index (κ2) is 5.41. The number of anilines is 1. The molecule has 1 aliphatic rings. The van der Waals surface area contributed by atoms with E-state index in [0.717, 1.165) is 6.42 Å². The summed E-state index contributed by atoms with van der Waals surface area (Å²) in [5.41, 5.74) is -0.0234. The zero-order valence-electron chi connectivity index (χ0n) is 11.6. The van der Waals surface area contributed by atoms with E-state index in [2.05, 4.69) is 10.6 Å². The van der Waals surface area contributed by atoms with Crippen LogP contribution in [0.4, 0.5) is 9.80 Å². The topological polar surface area (TPSA) is 87.7 Å². The van der Waals surface area contributed by atoms with Gasteiger partial charge in [-0.05, 0) is 17.9 Å². The maximum Gasteiger partial charge on any atom is 0.338 e. The van der Waals surface area contributed by atoms with Crippen molar-refractivity contribution in [1.82, 2.24) is 5.32 Å². The lowest BCUT2D eigenvalue weighted by Crippen LogP contribution is -2.62. The van der Waals surface area contributed by atoms with Gasteiger partial charge in [-0.25, -0.2) is 9.59 Å². The highest BCUT2D eigenvalue weighted by atomic mass is 32.1. The molecule has 0 aromatic carbocycles. The number of hydrogen-bond acceptors (Lipinski definition) is 4. The normalized spacial score (nSPS) is 23.8. The van der Waals surface area contributed by atoms with E-state index >= 15 is 0 Å². The Balaban J connectivity index is 1.94. The van der Waals surface area contributed by atoms with Gasteiger partial charge in [-0.1, -0.05) is 13.8 Å². The predicted octanol–water partition coefficient (Wildman–Crippen LogP) is 2.38. The van der Waals surface area contributed by atoms with Gasteiger partial charge in [0.05, 0.1) is 11.7 Å². The summed E-state index contributed by atoms with van der Waals surface area (Å²) in [6.45, 7) is 4.06. The molecule has 1 saturated carbocycles. The number of urea groups is 1. The average Bonchev–Trinajstić information content (AvgIpc) is 2.82. The first-order chi connectivity index (χ1) is 9.36. The van der Waals surface area contributed by atoms with Crippen LogP contribution in [0.5, 0.6) is 0 Å². The Labute approximate surface area is 121 Å². The van der Waals surface area contributed by atoms with E-state index in [0.29, 0.717) is 5.00 Å². The van der Waals surface area contributed by atoms with Crippen molar-refractivity contribution in [2.24, 2.45) is 5.41 Å². The highest BCUT2D eigenvalue weighted by Gasteiger charge is 2.49. The molecule has 2 atom stereocenters. The molecular formula is C13H18N2O4S. The minimum Gasteiger partial charge on any atom is -0.478 e. The third-order valence-electron chi connectivity index (χ3n) is 3.89. The van der Waals surface area contributed by atoms with Gasteiger partial charge in [0.15, 0.2) is 0 Å². The van der Waals surface area contributed by atoms with Gasteiger partial charge >= 0.3 is 12.0 Å². The zero-order valence-corrected chi connectivity index (χ0v) is 12.4. The molecule has 1 fully saturated rings. The van der Waals surface area contributed by atoms with E-state index < -0.39 is 5.97 Å². The molecular weight excluding hydrogens is 280 g/mol. The van der Waals surface area contributed by atoms with Crippen molar-refractivity contribution in [2.45, 2.75) is 32.4 Å². The fourth-order valence-electron chi connectivity index (χ4n) is 2.40. The van der Waals surface area contributed by atoms with Gasteiger partial charge in [0.25, 0.3) is 0 Å². The smallest absolute Gasteiger partial charge is 0.338 e. The minimum absolute atomic E-state index is 0.0145. The van der Waals surface area contributed by atoms with Crippen LogP contribution in [0.3, 0.4) is 0 Å². The lowest BCUT2D eigenvalue weighted by Gasteiger charge is -2.51. The number of nitrogens with one attached hydrogen (secondary N) is 2. The van der Waals surface area contributed by atoms with Gasteiger partial charge in [-0.2, -0.15) is 0 Å². The van der Waals surface area contributed by atoms with Crippen molar-refractivity contribution in [1.29, 1.82) is 0 Å². The van der Waals surface area contributed by atoms with Crippen LogP contribution in [0, 0.1) is 5.41 Å². The Kier molecular flexibility index (Phi) is 4.01. The van der Waals surface area contributed by atoms with Crippen molar-refractivity contribution in [2.75, 3.05) is 12.4 Å². The fraction of sp³-hybridized carbons (Fsp3) is 0.538. The maximum atomic E-state index is 11.9. The molecule has 2 rings (SSSR count). The molecule has 1 aromatic rings. The lowest BCUT2D eigenvalue weighted by molar-refractivity contribution is -0.0931. The number of carboxylic acid groups (broad SMARTS) is 1. The standard InChI is InChI=1S/C13H18N2O4S/c1-13(2)8(6-9(13)19-3)14-12(18)15-10-7(11(16)17)4-5-20-10/h4-5,8-9H,6H2,1-3H3,(H,16,17)(H2,14,15,18). The van der Waals surface area contributed by atoms with E-state index in [9.17, 15) is 9.59 Å². The summed E-state index contributed by atoms with van der Waals surface area (Å²) in [7, 11) is 1.66. The van der Waals surface area contributed by atoms with Crippen molar-refractivity contribution in [3.05, 3.63) is 17.0 Å². The summed E-state index contributed by atoms with van der Waals surface area (Å²) in [4.78, 5) is 22.9. The van der Waals surface area contributed by atoms with Crippen molar-refractivity contribution >= 4 is 28.3 Å². The molecule has 3 N–H and O–H groups in total. The molecule has 1 aliphatic carbocycles. The number of carboxylic acids is 1. The summed E-state index contributed by atoms with van der Waals surface area (Å²) >= 11 is 1.19. The first-order valence-corrected chi connectivity index (χ1v) is 7.15. The SMILES string of the molecule is COC1CC(NC(=O)Nc2sccc2C(=O)O)C1(C)C. The van der Waals surface area contributed by atoms with Crippen LogP contribution < -0.4 is 10.6 Å². The van der Waals surface area contributed by atoms with E-state index in [4.69, 9.17) is 9.84 Å². The Hall–Kier alpha value is -1.60. The second-order valence-corrected chi connectivity index (χ2v) is 6.32. The van der Waals surface area contributed by atoms with Crippen molar-refractivity contribution < 1.29 is 19.4 Å². The monoisotopic (exact) mass is 298 g/mol. The van der Waals surface area contributed by atoms with Crippen LogP contribution in [0.25, 0.3) is 0 Å². The highest BCUT2D eigenvalue weighted by Crippen LogP contribution is 2.42. The Morgan fingerprint density at radius 1 is 1.50 bits per heavy atom. The lowest BCUT2D eigenvalue weighted by atomic mass is 9.64. The number of carbonyl (C=O) groups is 2. The number of ether oxygens (including phenoxy) is 1. The molecule has 6 nitrogen and oxygen atoms in total. The highest BCUT2D eigenvalue weighted by molar-refractivity contribution is 7.14. The number of methoxy groups -OCH3 is 1. The molecule has 0 aliphatic heterocycles. The molecule has 7 heteroatoms. The average molecular weight is 298 g/mol. The van der Waals surface area contributed by atoms with E-state index in [1.54, 1.807) is 12.5 Å². The van der Waals surface area contributed by atoms with Crippen LogP contribution in [-0.2, 0) is 4.74 Å². The molecule has 0 bridgehead atoms. The quantitative estimate of drug-likeness (QED) is 0.796. The number of hydrogen-bond donors (Lipinski definition) is 3. The molecule has 20 heavy (non-hydrogen) atoms. The molecule has 0 saturated heterocycles. The van der Waals surface area contributed by atoms with Gasteiger partial charge in [0.2, 0.25) is 0 Å². The Morgan fingerprint density at radius 3 is 2.75 bits per heavy atom. The summed E-state index contributed by atoms with van der Waals surface area (Å²) in [6, 6.07) is 1.10. The van der Waals surface area contributed by atoms with Crippen LogP contribution >= 0.6 is 11.3 Å². The van der Waals surface area contributed by atoms with Gasteiger partial charge in [-0.15, -0.1) is 11.3 Å². The summed E-state index contributed by atoms with van der Waals surface area (Å²) in [5.74, 6) is -1.05. The number of rotatable bonds is 4. The Morgan fingerprint density at radius 2 is 2.20 bits per heavy atom. The molecule has 0 radical (unpaired) electrons. The zero-order chi connectivity index (χ0) is 14.9. The van der Waals surface area contributed by atoms with E-state index in [1.165, 1.54) is 17.4 Å². The summed E-state index contributed by atoms with van der Waals surface area (Å²) in [5, 5.41) is 16.4. The summed E-state index contributed by atoms with van der Waals surface area (Å²) in [6.07, 6.45) is 0.886. The predicted molar refractivity (Wildman–Crippen MR) is 76.4 cm³/mol. The van der Waals surface area contributed by atoms with E-state index in [1.807, 2.05) is 13.8 Å². The van der Waals surface area contributed by atoms with Gasteiger partial charge < -0.3 is 15.2 Å². The molecule has 1 heterocycles. The van der Waals surface area contributed by atoms with Gasteiger partial charge in [0.1, 0.15) is 5.00 Å². The number of carbonyl (C=O) groups excluding carboxylic acids is 1. The number of aromatic carboxylic acids is 1. The Bertz CT molecular complexity index is 526. The third-order valence-corrected chi connectivity index (χ3v) is 4.72. The molecule has 2 unspecified atom stereocenters.